The van der Waals surface area contributed by atoms with Gasteiger partial charge in [-0.2, -0.15) is 0 Å². The first kappa shape index (κ1) is 14.7. The summed E-state index contributed by atoms with van der Waals surface area (Å²) < 4.78 is 5.54. The molecular weight excluding hydrogens is 286 g/mol. The standard InChI is InChI=1S/C16H20ClN3O/c17-14-5-4-13(16-12(14)3-1-6-19-16)15(11-18)20-7-2-9-21-10-8-20/h1,3-6,15H,2,7-11,18H2. The van der Waals surface area contributed by atoms with Gasteiger partial charge in [-0.05, 0) is 30.2 Å². The van der Waals surface area contributed by atoms with Crippen LogP contribution in [0.25, 0.3) is 10.9 Å². The molecule has 2 aromatic rings. The van der Waals surface area contributed by atoms with Crippen LogP contribution in [0.2, 0.25) is 5.02 Å². The Morgan fingerprint density at radius 1 is 1.29 bits per heavy atom. The topological polar surface area (TPSA) is 51.4 Å². The number of benzene rings is 1. The summed E-state index contributed by atoms with van der Waals surface area (Å²) >= 11 is 6.28. The molecule has 1 unspecified atom stereocenters. The molecule has 0 saturated carbocycles. The van der Waals surface area contributed by atoms with E-state index in [4.69, 9.17) is 22.1 Å². The van der Waals surface area contributed by atoms with E-state index in [2.05, 4.69) is 16.0 Å². The molecule has 0 aliphatic carbocycles. The highest BCUT2D eigenvalue weighted by molar-refractivity contribution is 6.35. The fraction of sp³-hybridized carbons (Fsp3) is 0.438. The Hall–Kier alpha value is -1.20. The fourth-order valence-corrected chi connectivity index (χ4v) is 3.19. The van der Waals surface area contributed by atoms with Crippen molar-refractivity contribution in [3.63, 3.8) is 0 Å². The Balaban J connectivity index is 2.02. The molecule has 1 fully saturated rings. The predicted octanol–water partition coefficient (Wildman–Crippen LogP) is 2.61. The normalized spacial score (nSPS) is 18.6. The number of nitrogens with two attached hydrogens (primary N) is 1. The van der Waals surface area contributed by atoms with Crippen molar-refractivity contribution < 1.29 is 4.74 Å². The van der Waals surface area contributed by atoms with E-state index in [1.165, 1.54) is 0 Å². The highest BCUT2D eigenvalue weighted by Gasteiger charge is 2.23. The summed E-state index contributed by atoms with van der Waals surface area (Å²) in [6.45, 7) is 4.05. The minimum Gasteiger partial charge on any atom is -0.380 e. The van der Waals surface area contributed by atoms with Crippen molar-refractivity contribution in [2.45, 2.75) is 12.5 Å². The maximum absolute atomic E-state index is 6.28. The van der Waals surface area contributed by atoms with E-state index in [0.717, 1.165) is 54.2 Å². The molecule has 21 heavy (non-hydrogen) atoms. The van der Waals surface area contributed by atoms with E-state index < -0.39 is 0 Å². The summed E-state index contributed by atoms with van der Waals surface area (Å²) in [5.74, 6) is 0. The van der Waals surface area contributed by atoms with Gasteiger partial charge in [0.2, 0.25) is 0 Å². The van der Waals surface area contributed by atoms with Crippen LogP contribution < -0.4 is 5.73 Å². The van der Waals surface area contributed by atoms with Crippen LogP contribution in [0.15, 0.2) is 30.5 Å². The van der Waals surface area contributed by atoms with E-state index in [0.29, 0.717) is 6.54 Å². The molecule has 1 saturated heterocycles. The maximum Gasteiger partial charge on any atom is 0.0765 e. The number of hydrogen-bond acceptors (Lipinski definition) is 4. The molecule has 0 spiro atoms. The second-order valence-electron chi connectivity index (χ2n) is 5.29. The van der Waals surface area contributed by atoms with E-state index >= 15 is 0 Å². The molecule has 3 rings (SSSR count). The van der Waals surface area contributed by atoms with Gasteiger partial charge in [0.1, 0.15) is 0 Å². The molecule has 0 radical (unpaired) electrons. The number of halogens is 1. The van der Waals surface area contributed by atoms with Gasteiger partial charge in [0.15, 0.2) is 0 Å². The predicted molar refractivity (Wildman–Crippen MR) is 85.6 cm³/mol. The summed E-state index contributed by atoms with van der Waals surface area (Å²) in [6.07, 6.45) is 2.84. The molecule has 2 heterocycles. The van der Waals surface area contributed by atoms with Crippen molar-refractivity contribution in [3.8, 4) is 0 Å². The lowest BCUT2D eigenvalue weighted by Crippen LogP contribution is -2.35. The van der Waals surface area contributed by atoms with Crippen LogP contribution in [0.5, 0.6) is 0 Å². The van der Waals surface area contributed by atoms with E-state index in [9.17, 15) is 0 Å². The summed E-state index contributed by atoms with van der Waals surface area (Å²) in [6, 6.07) is 8.07. The van der Waals surface area contributed by atoms with Crippen molar-refractivity contribution in [3.05, 3.63) is 41.0 Å². The average molecular weight is 306 g/mol. The molecule has 1 aliphatic heterocycles. The molecule has 1 aliphatic rings. The molecule has 5 heteroatoms. The van der Waals surface area contributed by atoms with Crippen molar-refractivity contribution in [1.82, 2.24) is 9.88 Å². The Labute approximate surface area is 129 Å². The zero-order valence-corrected chi connectivity index (χ0v) is 12.7. The SMILES string of the molecule is NCC(c1ccc(Cl)c2cccnc12)N1CCCOCC1. The smallest absolute Gasteiger partial charge is 0.0765 e. The van der Waals surface area contributed by atoms with Gasteiger partial charge in [-0.25, -0.2) is 0 Å². The van der Waals surface area contributed by atoms with Gasteiger partial charge in [-0.15, -0.1) is 0 Å². The van der Waals surface area contributed by atoms with Gasteiger partial charge >= 0.3 is 0 Å². The van der Waals surface area contributed by atoms with Crippen LogP contribution in [-0.4, -0.2) is 42.7 Å². The summed E-state index contributed by atoms with van der Waals surface area (Å²) in [5, 5.41) is 1.72. The number of rotatable bonds is 3. The third-order valence-electron chi connectivity index (χ3n) is 4.03. The molecule has 0 amide bonds. The van der Waals surface area contributed by atoms with Crippen LogP contribution >= 0.6 is 11.6 Å². The van der Waals surface area contributed by atoms with Gasteiger partial charge in [-0.1, -0.05) is 17.7 Å². The molecule has 0 bridgehead atoms. The Kier molecular flexibility index (Phi) is 4.70. The van der Waals surface area contributed by atoms with Crippen LogP contribution in [0, 0.1) is 0 Å². The number of pyridine rings is 1. The lowest BCUT2D eigenvalue weighted by atomic mass is 10.0. The van der Waals surface area contributed by atoms with E-state index in [1.807, 2.05) is 18.2 Å². The Bertz CT molecular complexity index is 611. The lowest BCUT2D eigenvalue weighted by molar-refractivity contribution is 0.132. The number of fused-ring (bicyclic) bond motifs is 1. The fourth-order valence-electron chi connectivity index (χ4n) is 2.98. The van der Waals surface area contributed by atoms with Crippen molar-refractivity contribution in [1.29, 1.82) is 0 Å². The third-order valence-corrected chi connectivity index (χ3v) is 4.36. The Morgan fingerprint density at radius 2 is 2.19 bits per heavy atom. The highest BCUT2D eigenvalue weighted by atomic mass is 35.5. The molecule has 2 N–H and O–H groups in total. The van der Waals surface area contributed by atoms with E-state index in [1.54, 1.807) is 6.20 Å². The molecule has 1 atom stereocenters. The number of aromatic nitrogens is 1. The zero-order valence-electron chi connectivity index (χ0n) is 12.0. The second kappa shape index (κ2) is 6.71. The first-order chi connectivity index (χ1) is 10.3. The minimum absolute atomic E-state index is 0.154. The third kappa shape index (κ3) is 3.04. The van der Waals surface area contributed by atoms with E-state index in [-0.39, 0.29) is 6.04 Å². The Morgan fingerprint density at radius 3 is 3.05 bits per heavy atom. The van der Waals surface area contributed by atoms with Gasteiger partial charge < -0.3 is 10.5 Å². The second-order valence-corrected chi connectivity index (χ2v) is 5.70. The van der Waals surface area contributed by atoms with Crippen LogP contribution in [0.1, 0.15) is 18.0 Å². The van der Waals surface area contributed by atoms with Crippen molar-refractivity contribution in [2.75, 3.05) is 32.8 Å². The number of ether oxygens (including phenoxy) is 1. The first-order valence-corrected chi connectivity index (χ1v) is 7.74. The van der Waals surface area contributed by atoms with Crippen LogP contribution in [0.3, 0.4) is 0 Å². The highest BCUT2D eigenvalue weighted by Crippen LogP contribution is 2.31. The molecule has 1 aromatic carbocycles. The zero-order chi connectivity index (χ0) is 14.7. The van der Waals surface area contributed by atoms with Gasteiger partial charge in [0.05, 0.1) is 12.1 Å². The first-order valence-electron chi connectivity index (χ1n) is 7.36. The lowest BCUT2D eigenvalue weighted by Gasteiger charge is -2.30. The molecule has 112 valence electrons. The largest absolute Gasteiger partial charge is 0.380 e. The van der Waals surface area contributed by atoms with Crippen LogP contribution in [0.4, 0.5) is 0 Å². The molecular formula is C16H20ClN3O. The quantitative estimate of drug-likeness (QED) is 0.947. The number of nitrogens with zero attached hydrogens (tertiary/aromatic N) is 2. The summed E-state index contributed by atoms with van der Waals surface area (Å²) in [5.41, 5.74) is 8.17. The van der Waals surface area contributed by atoms with Crippen LogP contribution in [-0.2, 0) is 4.74 Å². The summed E-state index contributed by atoms with van der Waals surface area (Å²) in [4.78, 5) is 6.92. The van der Waals surface area contributed by atoms with Gasteiger partial charge in [0.25, 0.3) is 0 Å². The average Bonchev–Trinajstić information content (AvgIpc) is 2.80. The van der Waals surface area contributed by atoms with Gasteiger partial charge in [-0.3, -0.25) is 9.88 Å². The monoisotopic (exact) mass is 305 g/mol. The molecule has 1 aromatic heterocycles. The van der Waals surface area contributed by atoms with Crippen molar-refractivity contribution in [2.24, 2.45) is 5.73 Å². The summed E-state index contributed by atoms with van der Waals surface area (Å²) in [7, 11) is 0. The van der Waals surface area contributed by atoms with Crippen molar-refractivity contribution >= 4 is 22.5 Å². The number of hydrogen-bond donors (Lipinski definition) is 1. The van der Waals surface area contributed by atoms with Gasteiger partial charge in [0, 0.05) is 48.9 Å². The minimum atomic E-state index is 0.154. The maximum atomic E-state index is 6.28. The molecule has 4 nitrogen and oxygen atoms in total.